The summed E-state index contributed by atoms with van der Waals surface area (Å²) >= 11 is 2.43. The van der Waals surface area contributed by atoms with Crippen LogP contribution in [0.1, 0.15) is 0 Å². The predicted molar refractivity (Wildman–Crippen MR) is 44.8 cm³/mol. The summed E-state index contributed by atoms with van der Waals surface area (Å²) < 4.78 is 8.67. The molecule has 1 aromatic rings. The molecular formula is C5H6N2O3S2. The maximum absolute atomic E-state index is 10.1. The highest BCUT2D eigenvalue weighted by molar-refractivity contribution is 7.98. The SMILES string of the molecule is CSc1nsc(OCC(=O)O)n1. The molecule has 0 saturated carbocycles. The highest BCUT2D eigenvalue weighted by atomic mass is 32.2. The fourth-order valence-electron chi connectivity index (χ4n) is 0.462. The Labute approximate surface area is 76.9 Å². The molecule has 0 aromatic carbocycles. The van der Waals surface area contributed by atoms with Crippen molar-refractivity contribution >= 4 is 29.3 Å². The topological polar surface area (TPSA) is 72.3 Å². The van der Waals surface area contributed by atoms with Gasteiger partial charge in [0.05, 0.1) is 0 Å². The quantitative estimate of drug-likeness (QED) is 0.732. The summed E-state index contributed by atoms with van der Waals surface area (Å²) in [5.74, 6) is -1.02. The van der Waals surface area contributed by atoms with Crippen LogP contribution < -0.4 is 4.74 Å². The van der Waals surface area contributed by atoms with Crippen LogP contribution in [-0.4, -0.2) is 33.3 Å². The van der Waals surface area contributed by atoms with E-state index in [-0.39, 0.29) is 6.61 Å². The Bertz CT molecular complexity index is 275. The predicted octanol–water partition coefficient (Wildman–Crippen LogP) is 0.723. The Kier molecular flexibility index (Phi) is 3.30. The van der Waals surface area contributed by atoms with Crippen molar-refractivity contribution in [3.8, 4) is 5.19 Å². The van der Waals surface area contributed by atoms with Crippen LogP contribution >= 0.6 is 23.3 Å². The lowest BCUT2D eigenvalue weighted by molar-refractivity contribution is -0.139. The van der Waals surface area contributed by atoms with Crippen LogP contribution in [0.2, 0.25) is 0 Å². The van der Waals surface area contributed by atoms with Gasteiger partial charge in [0.2, 0.25) is 5.16 Å². The van der Waals surface area contributed by atoms with Crippen LogP contribution in [0.4, 0.5) is 0 Å². The minimum atomic E-state index is -1.02. The van der Waals surface area contributed by atoms with Gasteiger partial charge in [-0.3, -0.25) is 0 Å². The monoisotopic (exact) mass is 206 g/mol. The number of aliphatic carboxylic acids is 1. The lowest BCUT2D eigenvalue weighted by Gasteiger charge is -1.93. The van der Waals surface area contributed by atoms with Gasteiger partial charge >= 0.3 is 5.97 Å². The molecule has 1 rings (SSSR count). The number of carbonyl (C=O) groups is 1. The first-order valence-corrected chi connectivity index (χ1v) is 4.94. The molecule has 0 aliphatic heterocycles. The fraction of sp³-hybridized carbons (Fsp3) is 0.400. The second-order valence-corrected chi connectivity index (χ2v) is 3.22. The van der Waals surface area contributed by atoms with E-state index in [1.54, 1.807) is 0 Å². The number of hydrogen-bond acceptors (Lipinski definition) is 6. The zero-order valence-electron chi connectivity index (χ0n) is 6.18. The minimum Gasteiger partial charge on any atom is -0.479 e. The molecule has 0 atom stereocenters. The molecule has 0 bridgehead atoms. The lowest BCUT2D eigenvalue weighted by Crippen LogP contribution is -2.09. The Morgan fingerprint density at radius 1 is 1.83 bits per heavy atom. The van der Waals surface area contributed by atoms with Gasteiger partial charge in [-0.15, -0.1) is 0 Å². The summed E-state index contributed by atoms with van der Waals surface area (Å²) in [6.07, 6.45) is 1.84. The van der Waals surface area contributed by atoms with E-state index in [4.69, 9.17) is 9.84 Å². The molecule has 1 aromatic heterocycles. The number of carboxylic acids is 1. The van der Waals surface area contributed by atoms with Crippen LogP contribution in [-0.2, 0) is 4.79 Å². The van der Waals surface area contributed by atoms with Crippen molar-refractivity contribution < 1.29 is 14.6 Å². The average molecular weight is 206 g/mol. The third kappa shape index (κ3) is 2.67. The number of thioether (sulfide) groups is 1. The number of aromatic nitrogens is 2. The van der Waals surface area contributed by atoms with Gasteiger partial charge in [0.15, 0.2) is 6.61 Å². The molecule has 0 spiro atoms. The van der Waals surface area contributed by atoms with E-state index in [0.717, 1.165) is 11.5 Å². The summed E-state index contributed by atoms with van der Waals surface area (Å²) in [7, 11) is 0. The number of ether oxygens (including phenoxy) is 1. The number of nitrogens with zero attached hydrogens (tertiary/aromatic N) is 2. The molecule has 0 aliphatic rings. The van der Waals surface area contributed by atoms with E-state index in [1.807, 2.05) is 6.26 Å². The summed E-state index contributed by atoms with van der Waals surface area (Å²) in [5.41, 5.74) is 0. The largest absolute Gasteiger partial charge is 0.479 e. The van der Waals surface area contributed by atoms with E-state index in [1.165, 1.54) is 11.8 Å². The van der Waals surface area contributed by atoms with Crippen LogP contribution in [0, 0.1) is 0 Å². The van der Waals surface area contributed by atoms with Crippen LogP contribution in [0.5, 0.6) is 5.19 Å². The summed E-state index contributed by atoms with van der Waals surface area (Å²) in [6, 6.07) is 0. The van der Waals surface area contributed by atoms with Crippen LogP contribution in [0.25, 0.3) is 0 Å². The van der Waals surface area contributed by atoms with E-state index in [2.05, 4.69) is 9.36 Å². The van der Waals surface area contributed by atoms with E-state index in [9.17, 15) is 4.79 Å². The van der Waals surface area contributed by atoms with Crippen molar-refractivity contribution in [3.05, 3.63) is 0 Å². The molecule has 0 amide bonds. The second kappa shape index (κ2) is 4.27. The van der Waals surface area contributed by atoms with E-state index in [0.29, 0.717) is 10.4 Å². The van der Waals surface area contributed by atoms with Crippen molar-refractivity contribution in [1.29, 1.82) is 0 Å². The van der Waals surface area contributed by atoms with Crippen molar-refractivity contribution in [2.45, 2.75) is 5.16 Å². The van der Waals surface area contributed by atoms with E-state index >= 15 is 0 Å². The molecule has 0 unspecified atom stereocenters. The van der Waals surface area contributed by atoms with Gasteiger partial charge in [-0.05, 0) is 6.26 Å². The van der Waals surface area contributed by atoms with Crippen LogP contribution in [0.3, 0.4) is 0 Å². The number of carboxylic acid groups (broad SMARTS) is 1. The zero-order chi connectivity index (χ0) is 8.97. The molecule has 1 heterocycles. The molecule has 66 valence electrons. The van der Waals surface area contributed by atoms with Gasteiger partial charge in [-0.25, -0.2) is 4.79 Å². The Morgan fingerprint density at radius 3 is 3.08 bits per heavy atom. The maximum Gasteiger partial charge on any atom is 0.341 e. The second-order valence-electron chi connectivity index (χ2n) is 1.73. The Morgan fingerprint density at radius 2 is 2.58 bits per heavy atom. The molecule has 0 fully saturated rings. The summed E-state index contributed by atoms with van der Waals surface area (Å²) in [5, 5.41) is 9.16. The fourth-order valence-corrected chi connectivity index (χ4v) is 1.54. The normalized spacial score (nSPS) is 9.75. The van der Waals surface area contributed by atoms with Crippen molar-refractivity contribution in [3.63, 3.8) is 0 Å². The smallest absolute Gasteiger partial charge is 0.341 e. The van der Waals surface area contributed by atoms with Gasteiger partial charge in [-0.1, -0.05) is 11.8 Å². The average Bonchev–Trinajstić information content (AvgIpc) is 2.48. The van der Waals surface area contributed by atoms with Gasteiger partial charge in [0.25, 0.3) is 5.19 Å². The maximum atomic E-state index is 10.1. The minimum absolute atomic E-state index is 0.293. The van der Waals surface area contributed by atoms with Crippen LogP contribution in [0.15, 0.2) is 5.16 Å². The third-order valence-electron chi connectivity index (χ3n) is 0.890. The molecule has 1 N–H and O–H groups in total. The number of rotatable bonds is 4. The Hall–Kier alpha value is -0.820. The molecular weight excluding hydrogens is 200 g/mol. The first kappa shape index (κ1) is 9.27. The van der Waals surface area contributed by atoms with Crippen molar-refractivity contribution in [1.82, 2.24) is 9.36 Å². The van der Waals surface area contributed by atoms with Gasteiger partial charge in [0.1, 0.15) is 0 Å². The number of hydrogen-bond donors (Lipinski definition) is 1. The van der Waals surface area contributed by atoms with Gasteiger partial charge in [0, 0.05) is 11.5 Å². The molecule has 0 saturated heterocycles. The van der Waals surface area contributed by atoms with Crippen molar-refractivity contribution in [2.75, 3.05) is 12.9 Å². The highest BCUT2D eigenvalue weighted by Gasteiger charge is 2.05. The molecule has 12 heavy (non-hydrogen) atoms. The molecule has 5 nitrogen and oxygen atoms in total. The Balaban J connectivity index is 2.47. The standard InChI is InChI=1S/C5H6N2O3S2/c1-11-4-6-5(12-7-4)10-2-3(8)9/h2H2,1H3,(H,8,9). The van der Waals surface area contributed by atoms with E-state index < -0.39 is 5.97 Å². The molecule has 0 radical (unpaired) electrons. The first-order chi connectivity index (χ1) is 5.72. The van der Waals surface area contributed by atoms with Gasteiger partial charge in [-0.2, -0.15) is 9.36 Å². The summed E-state index contributed by atoms with van der Waals surface area (Å²) in [4.78, 5) is 14.0. The lowest BCUT2D eigenvalue weighted by atomic mass is 10.8. The van der Waals surface area contributed by atoms with Gasteiger partial charge < -0.3 is 9.84 Å². The molecule has 0 aliphatic carbocycles. The highest BCUT2D eigenvalue weighted by Crippen LogP contribution is 2.19. The molecule has 7 heteroatoms. The van der Waals surface area contributed by atoms with Crippen molar-refractivity contribution in [2.24, 2.45) is 0 Å². The zero-order valence-corrected chi connectivity index (χ0v) is 7.81. The third-order valence-corrected chi connectivity index (χ3v) is 2.18. The first-order valence-electron chi connectivity index (χ1n) is 2.94. The summed E-state index contributed by atoms with van der Waals surface area (Å²) in [6.45, 7) is -0.372.